The predicted octanol–water partition coefficient (Wildman–Crippen LogP) is 4.21. The van der Waals surface area contributed by atoms with E-state index in [-0.39, 0.29) is 0 Å². The molecule has 1 fully saturated rings. The summed E-state index contributed by atoms with van der Waals surface area (Å²) in [5.74, 6) is 1.75. The second kappa shape index (κ2) is 7.69. The van der Waals surface area contributed by atoms with Crippen LogP contribution in [0, 0.1) is 11.8 Å². The highest BCUT2D eigenvalue weighted by Gasteiger charge is 2.23. The van der Waals surface area contributed by atoms with Crippen molar-refractivity contribution in [2.45, 2.75) is 51.9 Å². The van der Waals surface area contributed by atoms with E-state index >= 15 is 0 Å². The van der Waals surface area contributed by atoms with E-state index in [4.69, 9.17) is 0 Å². The van der Waals surface area contributed by atoms with Gasteiger partial charge in [-0.1, -0.05) is 50.5 Å². The maximum atomic E-state index is 3.40. The Bertz CT molecular complexity index is 354. The summed E-state index contributed by atoms with van der Waals surface area (Å²) in [7, 11) is 2.10. The molecule has 0 spiro atoms. The number of nitrogens with one attached hydrogen (secondary N) is 1. The van der Waals surface area contributed by atoms with Crippen LogP contribution in [0.1, 0.15) is 50.2 Å². The summed E-state index contributed by atoms with van der Waals surface area (Å²) in [4.78, 5) is 0. The quantitative estimate of drug-likeness (QED) is 0.781. The molecule has 2 rings (SSSR count). The van der Waals surface area contributed by atoms with E-state index in [1.54, 1.807) is 0 Å². The summed E-state index contributed by atoms with van der Waals surface area (Å²) in [5.41, 5.74) is 2.99. The Kier molecular flexibility index (Phi) is 5.91. The molecule has 0 bridgehead atoms. The van der Waals surface area contributed by atoms with Crippen molar-refractivity contribution in [3.63, 3.8) is 0 Å². The lowest BCUT2D eigenvalue weighted by Gasteiger charge is -2.25. The Morgan fingerprint density at radius 3 is 2.21 bits per heavy atom. The molecule has 0 amide bonds. The fraction of sp³-hybridized carbons (Fsp3) is 0.667. The van der Waals surface area contributed by atoms with Gasteiger partial charge >= 0.3 is 0 Å². The molecule has 0 aromatic heterocycles. The van der Waals surface area contributed by atoms with Crippen LogP contribution in [0.5, 0.6) is 0 Å². The van der Waals surface area contributed by atoms with Gasteiger partial charge in [-0.25, -0.2) is 0 Å². The van der Waals surface area contributed by atoms with E-state index in [1.807, 2.05) is 0 Å². The molecule has 2 atom stereocenters. The Morgan fingerprint density at radius 2 is 1.58 bits per heavy atom. The molecule has 1 saturated carbocycles. The first kappa shape index (κ1) is 14.6. The summed E-state index contributed by atoms with van der Waals surface area (Å²) >= 11 is 0. The van der Waals surface area contributed by atoms with Gasteiger partial charge in [-0.3, -0.25) is 0 Å². The first-order valence-corrected chi connectivity index (χ1v) is 8.06. The van der Waals surface area contributed by atoms with Crippen LogP contribution < -0.4 is 5.32 Å². The molecule has 1 N–H and O–H groups in total. The highest BCUT2D eigenvalue weighted by atomic mass is 14.8. The van der Waals surface area contributed by atoms with Gasteiger partial charge in [-0.2, -0.15) is 0 Å². The molecule has 0 aliphatic heterocycles. The second-order valence-corrected chi connectivity index (χ2v) is 6.09. The number of aryl methyl sites for hydroxylation is 1. The van der Waals surface area contributed by atoms with Crippen LogP contribution in [0.15, 0.2) is 24.3 Å². The molecule has 1 aliphatic rings. The minimum atomic E-state index is 0.873. The third-order valence-corrected chi connectivity index (χ3v) is 4.71. The summed E-state index contributed by atoms with van der Waals surface area (Å²) in [6.45, 7) is 3.42. The fourth-order valence-electron chi connectivity index (χ4n) is 3.47. The van der Waals surface area contributed by atoms with Gasteiger partial charge in [0.1, 0.15) is 0 Å². The SMILES string of the molecule is CCc1ccc(CC2CCCCCC2CNC)cc1. The average molecular weight is 259 g/mol. The highest BCUT2D eigenvalue weighted by Crippen LogP contribution is 2.31. The maximum Gasteiger partial charge on any atom is -0.00208 e. The van der Waals surface area contributed by atoms with Crippen LogP contribution in [0.2, 0.25) is 0 Å². The van der Waals surface area contributed by atoms with Crippen LogP contribution in [0.25, 0.3) is 0 Å². The summed E-state index contributed by atoms with van der Waals surface area (Å²) in [5, 5.41) is 3.40. The topological polar surface area (TPSA) is 12.0 Å². The zero-order valence-electron chi connectivity index (χ0n) is 12.6. The van der Waals surface area contributed by atoms with E-state index in [2.05, 4.69) is 43.6 Å². The van der Waals surface area contributed by atoms with Crippen molar-refractivity contribution in [1.82, 2.24) is 5.32 Å². The molecule has 1 nitrogen and oxygen atoms in total. The van der Waals surface area contributed by atoms with E-state index in [9.17, 15) is 0 Å². The third-order valence-electron chi connectivity index (χ3n) is 4.71. The van der Waals surface area contributed by atoms with Gasteiger partial charge in [-0.05, 0) is 62.2 Å². The van der Waals surface area contributed by atoms with Crippen LogP contribution >= 0.6 is 0 Å². The Hall–Kier alpha value is -0.820. The standard InChI is InChI=1S/C18H29N/c1-3-15-9-11-16(12-10-15)13-17-7-5-4-6-8-18(17)14-19-2/h9-12,17-19H,3-8,13-14H2,1-2H3. The zero-order chi connectivity index (χ0) is 13.5. The van der Waals surface area contributed by atoms with Gasteiger partial charge < -0.3 is 5.32 Å². The van der Waals surface area contributed by atoms with Gasteiger partial charge in [0.15, 0.2) is 0 Å². The summed E-state index contributed by atoms with van der Waals surface area (Å²) in [6, 6.07) is 9.30. The van der Waals surface area contributed by atoms with Crippen molar-refractivity contribution < 1.29 is 0 Å². The van der Waals surface area contributed by atoms with Crippen molar-refractivity contribution in [1.29, 1.82) is 0 Å². The molecule has 0 heterocycles. The van der Waals surface area contributed by atoms with Gasteiger partial charge in [0, 0.05) is 0 Å². The lowest BCUT2D eigenvalue weighted by Crippen LogP contribution is -2.26. The molecule has 1 aliphatic carbocycles. The molecular formula is C18H29N. The molecule has 0 radical (unpaired) electrons. The number of rotatable bonds is 5. The Labute approximate surface area is 118 Å². The molecular weight excluding hydrogens is 230 g/mol. The van der Waals surface area contributed by atoms with Gasteiger partial charge in [0.25, 0.3) is 0 Å². The van der Waals surface area contributed by atoms with E-state index < -0.39 is 0 Å². The summed E-state index contributed by atoms with van der Waals surface area (Å²) < 4.78 is 0. The molecule has 0 saturated heterocycles. The predicted molar refractivity (Wildman–Crippen MR) is 83.5 cm³/mol. The monoisotopic (exact) mass is 259 g/mol. The molecule has 1 heteroatoms. The van der Waals surface area contributed by atoms with Crippen molar-refractivity contribution in [3.8, 4) is 0 Å². The first-order chi connectivity index (χ1) is 9.33. The van der Waals surface area contributed by atoms with Gasteiger partial charge in [-0.15, -0.1) is 0 Å². The van der Waals surface area contributed by atoms with Crippen molar-refractivity contribution in [3.05, 3.63) is 35.4 Å². The normalized spacial score (nSPS) is 24.1. The average Bonchev–Trinajstić information content (AvgIpc) is 2.66. The molecule has 1 aromatic carbocycles. The zero-order valence-corrected chi connectivity index (χ0v) is 12.6. The summed E-state index contributed by atoms with van der Waals surface area (Å²) in [6.07, 6.45) is 9.55. The van der Waals surface area contributed by atoms with Crippen molar-refractivity contribution in [2.75, 3.05) is 13.6 Å². The fourth-order valence-corrected chi connectivity index (χ4v) is 3.47. The Balaban J connectivity index is 2.00. The lowest BCUT2D eigenvalue weighted by atomic mass is 9.83. The number of hydrogen-bond acceptors (Lipinski definition) is 1. The smallest absolute Gasteiger partial charge is 0.00208 e. The minimum absolute atomic E-state index is 0.873. The van der Waals surface area contributed by atoms with E-state index in [0.29, 0.717) is 0 Å². The van der Waals surface area contributed by atoms with Crippen LogP contribution in [-0.2, 0) is 12.8 Å². The minimum Gasteiger partial charge on any atom is -0.319 e. The van der Waals surface area contributed by atoms with E-state index in [1.165, 1.54) is 56.2 Å². The van der Waals surface area contributed by atoms with Crippen molar-refractivity contribution in [2.24, 2.45) is 11.8 Å². The number of hydrogen-bond donors (Lipinski definition) is 1. The first-order valence-electron chi connectivity index (χ1n) is 8.06. The largest absolute Gasteiger partial charge is 0.319 e. The second-order valence-electron chi connectivity index (χ2n) is 6.09. The molecule has 19 heavy (non-hydrogen) atoms. The highest BCUT2D eigenvalue weighted by molar-refractivity contribution is 5.23. The Morgan fingerprint density at radius 1 is 0.947 bits per heavy atom. The lowest BCUT2D eigenvalue weighted by molar-refractivity contribution is 0.304. The van der Waals surface area contributed by atoms with Gasteiger partial charge in [0.2, 0.25) is 0 Å². The van der Waals surface area contributed by atoms with Crippen LogP contribution in [-0.4, -0.2) is 13.6 Å². The van der Waals surface area contributed by atoms with Gasteiger partial charge in [0.05, 0.1) is 0 Å². The molecule has 106 valence electrons. The van der Waals surface area contributed by atoms with E-state index in [0.717, 1.165) is 18.3 Å². The molecule has 2 unspecified atom stereocenters. The van der Waals surface area contributed by atoms with Crippen LogP contribution in [0.4, 0.5) is 0 Å². The molecule has 1 aromatic rings. The van der Waals surface area contributed by atoms with Crippen molar-refractivity contribution >= 4 is 0 Å². The van der Waals surface area contributed by atoms with Crippen LogP contribution in [0.3, 0.4) is 0 Å². The third kappa shape index (κ3) is 4.35. The number of benzene rings is 1. The maximum absolute atomic E-state index is 3.40.